The molecule has 0 N–H and O–H groups in total. The summed E-state index contributed by atoms with van der Waals surface area (Å²) in [5, 5.41) is 10.7. The molecule has 0 bridgehead atoms. The van der Waals surface area contributed by atoms with Crippen LogP contribution in [0, 0.1) is 17.0 Å². The number of hydrogen-bond donors (Lipinski definition) is 0. The lowest BCUT2D eigenvalue weighted by Gasteiger charge is -2.23. The molecule has 1 aromatic carbocycles. The lowest BCUT2D eigenvalue weighted by Crippen LogP contribution is -2.36. The van der Waals surface area contributed by atoms with E-state index >= 15 is 0 Å². The first-order valence-corrected chi connectivity index (χ1v) is 6.52. The van der Waals surface area contributed by atoms with Crippen LogP contribution < -0.4 is 5.56 Å². The number of aromatic nitrogens is 2. The molecule has 1 fully saturated rings. The Balaban J connectivity index is 2.48. The fourth-order valence-corrected chi connectivity index (χ4v) is 2.39. The van der Waals surface area contributed by atoms with Gasteiger partial charge in [-0.2, -0.15) is 0 Å². The van der Waals surface area contributed by atoms with Crippen LogP contribution in [0.4, 0.5) is 5.69 Å². The Morgan fingerprint density at radius 2 is 2.17 bits per heavy atom. The molecule has 1 heterocycles. The number of Topliss-reactive ketones (excluding diaryl/α,β-unsaturated/α-hetero) is 2. The minimum absolute atomic E-state index is 0.0977. The van der Waals surface area contributed by atoms with Gasteiger partial charge in [0.05, 0.1) is 24.2 Å². The maximum atomic E-state index is 13.1. The van der Waals surface area contributed by atoms with Gasteiger partial charge in [-0.15, -0.1) is 0 Å². The van der Waals surface area contributed by atoms with Crippen LogP contribution in [0.25, 0.3) is 10.9 Å². The number of fused-ring (bicyclic) bond motifs is 1. The molecule has 1 aliphatic carbocycles. The highest BCUT2D eigenvalue weighted by Crippen LogP contribution is 2.26. The summed E-state index contributed by atoms with van der Waals surface area (Å²) in [5.41, 5.74) is -2.00. The van der Waals surface area contributed by atoms with E-state index in [1.165, 1.54) is 19.1 Å². The van der Waals surface area contributed by atoms with Crippen molar-refractivity contribution in [1.29, 1.82) is 0 Å². The van der Waals surface area contributed by atoms with Crippen molar-refractivity contribution in [3.05, 3.63) is 44.5 Å². The Labute approximate surface area is 136 Å². The van der Waals surface area contributed by atoms with Crippen molar-refractivity contribution in [1.82, 2.24) is 9.55 Å². The zero-order valence-corrected chi connectivity index (χ0v) is 11.8. The van der Waals surface area contributed by atoms with Crippen LogP contribution in [-0.2, 0) is 9.59 Å². The van der Waals surface area contributed by atoms with Gasteiger partial charge in [-0.1, -0.05) is 6.07 Å². The SMILES string of the molecule is [2H]C1([2H])C(=O)CC(=O)C([2H])(n2c(C)nc3cccc([N+](=O)[O-])c3c2=O)C1([2H])[2H]. The summed E-state index contributed by atoms with van der Waals surface area (Å²) in [6.07, 6.45) is -7.79. The lowest BCUT2D eigenvalue weighted by molar-refractivity contribution is -0.383. The van der Waals surface area contributed by atoms with Gasteiger partial charge in [-0.3, -0.25) is 29.1 Å². The number of nitro benzene ring substituents is 1. The normalized spacial score (nSPS) is 29.2. The molecular weight excluding hydrogens is 302 g/mol. The molecule has 1 saturated carbocycles. The second kappa shape index (κ2) is 5.38. The number of benzene rings is 1. The molecular formula is C15H13N3O5. The van der Waals surface area contributed by atoms with Crippen LogP contribution >= 0.6 is 0 Å². The Morgan fingerprint density at radius 3 is 2.87 bits per heavy atom. The van der Waals surface area contributed by atoms with Crippen molar-refractivity contribution in [3.8, 4) is 0 Å². The van der Waals surface area contributed by atoms with E-state index in [-0.39, 0.29) is 11.3 Å². The van der Waals surface area contributed by atoms with Gasteiger partial charge in [-0.25, -0.2) is 4.98 Å². The number of carbonyl (C=O) groups is 2. The van der Waals surface area contributed by atoms with Crippen molar-refractivity contribution in [2.45, 2.75) is 32.1 Å². The third-order valence-corrected chi connectivity index (χ3v) is 3.37. The Morgan fingerprint density at radius 1 is 1.43 bits per heavy atom. The van der Waals surface area contributed by atoms with Gasteiger partial charge in [0.25, 0.3) is 11.2 Å². The molecule has 0 radical (unpaired) electrons. The molecule has 1 aromatic heterocycles. The van der Waals surface area contributed by atoms with Crippen molar-refractivity contribution in [3.63, 3.8) is 0 Å². The highest BCUT2D eigenvalue weighted by molar-refractivity contribution is 6.03. The smallest absolute Gasteiger partial charge is 0.284 e. The van der Waals surface area contributed by atoms with Gasteiger partial charge in [0.2, 0.25) is 0 Å². The number of hydrogen-bond acceptors (Lipinski definition) is 6. The lowest BCUT2D eigenvalue weighted by atomic mass is 9.92. The summed E-state index contributed by atoms with van der Waals surface area (Å²) < 4.78 is 40.5. The van der Waals surface area contributed by atoms with E-state index in [0.717, 1.165) is 6.07 Å². The zero-order valence-electron chi connectivity index (χ0n) is 16.8. The predicted molar refractivity (Wildman–Crippen MR) is 80.3 cm³/mol. The average molecular weight is 320 g/mol. The monoisotopic (exact) mass is 320 g/mol. The summed E-state index contributed by atoms with van der Waals surface area (Å²) in [5.74, 6) is -3.02. The Bertz CT molecular complexity index is 1130. The summed E-state index contributed by atoms with van der Waals surface area (Å²) in [6, 6.07) is 0.422. The summed E-state index contributed by atoms with van der Waals surface area (Å²) >= 11 is 0. The topological polar surface area (TPSA) is 112 Å². The first-order valence-electron chi connectivity index (χ1n) is 9.02. The second-order valence-electron chi connectivity index (χ2n) is 4.85. The van der Waals surface area contributed by atoms with Crippen LogP contribution in [0.2, 0.25) is 0 Å². The van der Waals surface area contributed by atoms with E-state index in [1.54, 1.807) is 0 Å². The van der Waals surface area contributed by atoms with E-state index in [1.807, 2.05) is 0 Å². The number of carbonyl (C=O) groups excluding carboxylic acids is 2. The molecule has 8 heteroatoms. The third-order valence-electron chi connectivity index (χ3n) is 3.37. The van der Waals surface area contributed by atoms with E-state index in [9.17, 15) is 24.5 Å². The average Bonchev–Trinajstić information content (AvgIpc) is 2.59. The maximum Gasteiger partial charge on any atom is 0.284 e. The molecule has 118 valence electrons. The van der Waals surface area contributed by atoms with Gasteiger partial charge in [0.1, 0.15) is 17.0 Å². The van der Waals surface area contributed by atoms with Crippen molar-refractivity contribution in [2.75, 3.05) is 0 Å². The highest BCUT2D eigenvalue weighted by Gasteiger charge is 2.31. The fourth-order valence-electron chi connectivity index (χ4n) is 2.39. The highest BCUT2D eigenvalue weighted by atomic mass is 16.6. The molecule has 0 amide bonds. The minimum Gasteiger partial charge on any atom is -0.299 e. The number of nitro groups is 1. The van der Waals surface area contributed by atoms with E-state index in [0.29, 0.717) is 4.57 Å². The number of aryl methyl sites for hydroxylation is 1. The minimum atomic E-state index is -3.44. The molecule has 0 aliphatic heterocycles. The number of nitrogens with zero attached hydrogens (tertiary/aromatic N) is 3. The summed E-state index contributed by atoms with van der Waals surface area (Å²) in [4.78, 5) is 51.9. The molecule has 1 unspecified atom stereocenters. The second-order valence-corrected chi connectivity index (χ2v) is 4.85. The molecule has 0 saturated heterocycles. The maximum absolute atomic E-state index is 13.1. The van der Waals surface area contributed by atoms with Crippen LogP contribution in [0.3, 0.4) is 0 Å². The molecule has 8 nitrogen and oxygen atoms in total. The van der Waals surface area contributed by atoms with E-state index in [4.69, 9.17) is 6.85 Å². The number of non-ortho nitro benzene ring substituents is 1. The van der Waals surface area contributed by atoms with Crippen LogP contribution in [0.15, 0.2) is 23.0 Å². The fraction of sp³-hybridized carbons (Fsp3) is 0.333. The molecule has 2 aromatic rings. The predicted octanol–water partition coefficient (Wildman–Crippen LogP) is 1.48. The quantitative estimate of drug-likeness (QED) is 0.470. The summed E-state index contributed by atoms with van der Waals surface area (Å²) in [7, 11) is 0. The Hall–Kier alpha value is -2.90. The molecule has 1 atom stereocenters. The van der Waals surface area contributed by atoms with E-state index in [2.05, 4.69) is 4.98 Å². The molecule has 23 heavy (non-hydrogen) atoms. The van der Waals surface area contributed by atoms with Crippen LogP contribution in [0.1, 0.15) is 37.9 Å². The van der Waals surface area contributed by atoms with Crippen molar-refractivity contribution >= 4 is 28.2 Å². The van der Waals surface area contributed by atoms with Gasteiger partial charge in [-0.05, 0) is 19.4 Å². The van der Waals surface area contributed by atoms with Gasteiger partial charge < -0.3 is 0 Å². The molecule has 1 aliphatic rings. The third kappa shape index (κ3) is 2.41. The first kappa shape index (κ1) is 9.98. The van der Waals surface area contributed by atoms with Crippen LogP contribution in [0.5, 0.6) is 0 Å². The molecule has 3 rings (SSSR count). The largest absolute Gasteiger partial charge is 0.299 e. The Kier molecular flexibility index (Phi) is 2.34. The zero-order chi connectivity index (χ0) is 21.2. The van der Waals surface area contributed by atoms with E-state index < -0.39 is 58.3 Å². The first-order chi connectivity index (χ1) is 12.8. The van der Waals surface area contributed by atoms with Gasteiger partial charge in [0.15, 0.2) is 5.78 Å². The number of ketones is 2. The van der Waals surface area contributed by atoms with Gasteiger partial charge >= 0.3 is 0 Å². The van der Waals surface area contributed by atoms with Crippen molar-refractivity contribution in [2.24, 2.45) is 0 Å². The summed E-state index contributed by atoms with van der Waals surface area (Å²) in [6.45, 7) is 1.19. The number of rotatable bonds is 2. The van der Waals surface area contributed by atoms with Crippen LogP contribution in [-0.4, -0.2) is 26.0 Å². The van der Waals surface area contributed by atoms with Crippen molar-refractivity contribution < 1.29 is 21.4 Å². The van der Waals surface area contributed by atoms with Gasteiger partial charge in [0, 0.05) is 17.9 Å². The molecule has 0 spiro atoms. The standard InChI is InChI=1S/C15H13N3O5/c1-8-16-10-3-2-4-12(18(22)23)14(10)15(21)17(8)11-6-5-9(19)7-13(11)20/h2-4,11H,5-7H2,1H3/i5D2,6D2,11D.